The number of nitrogens with zero attached hydrogens (tertiary/aromatic N) is 1. The Hall–Kier alpha value is -3.08. The van der Waals surface area contributed by atoms with Crippen LogP contribution in [0.1, 0.15) is 23.1 Å². The van der Waals surface area contributed by atoms with Crippen molar-refractivity contribution in [2.45, 2.75) is 28.3 Å². The number of phenolic OH excluding ortho intramolecular Hbond substituents is 1. The van der Waals surface area contributed by atoms with E-state index in [-0.39, 0.29) is 29.7 Å². The van der Waals surface area contributed by atoms with Crippen LogP contribution in [0, 0.1) is 11.8 Å². The number of likely N-dealkylation sites (N-methyl/N-ethyl adjacent to an activating group) is 1. The molecule has 3 aliphatic carbocycles. The minimum absolute atomic E-state index is 0.000701. The molecule has 0 saturated heterocycles. The predicted octanol–water partition coefficient (Wildman–Crippen LogP) is 3.46. The van der Waals surface area contributed by atoms with Gasteiger partial charge >= 0.3 is 0 Å². The summed E-state index contributed by atoms with van der Waals surface area (Å²) < 4.78 is -1.63. The zero-order valence-electron chi connectivity index (χ0n) is 21.3. The molecule has 4 atom stereocenters. The van der Waals surface area contributed by atoms with E-state index in [0.717, 1.165) is 0 Å². The number of carbonyl (C=O) groups excluding carboxylic acids is 3. The first-order valence-corrected chi connectivity index (χ1v) is 13.4. The molecule has 0 heterocycles. The minimum atomic E-state index is -2.69. The first kappa shape index (κ1) is 28.4. The Kier molecular flexibility index (Phi) is 6.75. The van der Waals surface area contributed by atoms with E-state index in [4.69, 9.17) is 40.5 Å². The normalized spacial score (nSPS) is 26.5. The maximum Gasteiger partial charge on any atom is 0.255 e. The molecule has 0 aromatic heterocycles. The SMILES string of the molecule is CN(C)[C@@H]1C(=O)C(C(N)=O)=C(O)[C@@]2(O)C(=O)C3=C(O)c4c(O)ccc(-c5ccc(C(Cl)(Cl)Cl)cc5)c4C[C@H]3C[C@@H]12. The van der Waals surface area contributed by atoms with Gasteiger partial charge in [-0.05, 0) is 55.6 Å². The summed E-state index contributed by atoms with van der Waals surface area (Å²) in [6.07, 6.45) is 0.150. The second-order valence-electron chi connectivity index (χ2n) is 10.5. The number of amides is 1. The number of halogens is 3. The third kappa shape index (κ3) is 4.02. The molecule has 1 amide bonds. The van der Waals surface area contributed by atoms with E-state index >= 15 is 0 Å². The average Bonchev–Trinajstić information content (AvgIpc) is 2.85. The minimum Gasteiger partial charge on any atom is -0.508 e. The first-order valence-electron chi connectivity index (χ1n) is 12.3. The topological polar surface area (TPSA) is 161 Å². The molecule has 2 aromatic carbocycles. The lowest BCUT2D eigenvalue weighted by Gasteiger charge is -2.50. The Morgan fingerprint density at radius 3 is 2.23 bits per heavy atom. The fourth-order valence-electron chi connectivity index (χ4n) is 6.35. The van der Waals surface area contributed by atoms with E-state index in [1.165, 1.54) is 11.0 Å². The number of ketones is 2. The molecule has 3 aliphatic rings. The molecular formula is C28H25Cl3N2O7. The molecule has 5 rings (SSSR count). The molecular weight excluding hydrogens is 583 g/mol. The van der Waals surface area contributed by atoms with E-state index < -0.39 is 61.8 Å². The van der Waals surface area contributed by atoms with Gasteiger partial charge in [-0.1, -0.05) is 65.1 Å². The van der Waals surface area contributed by atoms with Crippen molar-refractivity contribution in [2.75, 3.05) is 14.1 Å². The Morgan fingerprint density at radius 2 is 1.68 bits per heavy atom. The summed E-state index contributed by atoms with van der Waals surface area (Å²) in [4.78, 5) is 40.7. The van der Waals surface area contributed by atoms with Crippen molar-refractivity contribution in [3.8, 4) is 16.9 Å². The lowest BCUT2D eigenvalue weighted by Crippen LogP contribution is -2.65. The Bertz CT molecular complexity index is 1540. The van der Waals surface area contributed by atoms with Crippen molar-refractivity contribution in [1.29, 1.82) is 0 Å². The van der Waals surface area contributed by atoms with Gasteiger partial charge < -0.3 is 26.2 Å². The maximum absolute atomic E-state index is 13.9. The Balaban J connectivity index is 1.70. The number of primary amides is 1. The van der Waals surface area contributed by atoms with Crippen molar-refractivity contribution in [3.63, 3.8) is 0 Å². The molecule has 0 aliphatic heterocycles. The second kappa shape index (κ2) is 9.49. The van der Waals surface area contributed by atoms with Crippen LogP contribution in [0.5, 0.6) is 5.75 Å². The van der Waals surface area contributed by atoms with Crippen LogP contribution in [0.4, 0.5) is 0 Å². The van der Waals surface area contributed by atoms with Gasteiger partial charge in [0.1, 0.15) is 22.8 Å². The number of aliphatic hydroxyl groups excluding tert-OH is 2. The highest BCUT2D eigenvalue weighted by atomic mass is 35.6. The highest BCUT2D eigenvalue weighted by Crippen LogP contribution is 2.53. The van der Waals surface area contributed by atoms with Crippen LogP contribution in [-0.2, 0) is 24.6 Å². The van der Waals surface area contributed by atoms with Gasteiger partial charge in [0, 0.05) is 17.1 Å². The molecule has 0 radical (unpaired) electrons. The Morgan fingerprint density at radius 1 is 1.05 bits per heavy atom. The van der Waals surface area contributed by atoms with Crippen LogP contribution >= 0.6 is 34.8 Å². The number of Topliss-reactive ketones (excluding diaryl/α,β-unsaturated/α-hetero) is 2. The highest BCUT2D eigenvalue weighted by molar-refractivity contribution is 6.66. The molecule has 6 N–H and O–H groups in total. The van der Waals surface area contributed by atoms with Crippen molar-refractivity contribution in [2.24, 2.45) is 17.6 Å². The summed E-state index contributed by atoms with van der Waals surface area (Å²) in [5.41, 5.74) is 3.89. The van der Waals surface area contributed by atoms with Crippen molar-refractivity contribution in [3.05, 3.63) is 70.0 Å². The number of carbonyl (C=O) groups is 3. The summed E-state index contributed by atoms with van der Waals surface area (Å²) >= 11 is 17.9. The molecule has 9 nitrogen and oxygen atoms in total. The average molecular weight is 608 g/mol. The van der Waals surface area contributed by atoms with Crippen LogP contribution in [0.3, 0.4) is 0 Å². The molecule has 2 aromatic rings. The van der Waals surface area contributed by atoms with Crippen molar-refractivity contribution < 1.29 is 34.8 Å². The Labute approximate surface area is 244 Å². The number of benzene rings is 2. The summed E-state index contributed by atoms with van der Waals surface area (Å²) in [6, 6.07) is 8.59. The lowest BCUT2D eigenvalue weighted by atomic mass is 9.57. The second-order valence-corrected chi connectivity index (χ2v) is 12.8. The molecule has 0 spiro atoms. The van der Waals surface area contributed by atoms with Crippen molar-refractivity contribution >= 4 is 58.0 Å². The van der Waals surface area contributed by atoms with Gasteiger partial charge in [0.15, 0.2) is 11.4 Å². The number of hydrogen-bond donors (Lipinski definition) is 5. The van der Waals surface area contributed by atoms with Crippen molar-refractivity contribution in [1.82, 2.24) is 4.90 Å². The molecule has 1 fully saturated rings. The number of fused-ring (bicyclic) bond motifs is 3. The van der Waals surface area contributed by atoms with E-state index in [9.17, 15) is 34.8 Å². The smallest absolute Gasteiger partial charge is 0.255 e. The number of alkyl halides is 3. The fourth-order valence-corrected chi connectivity index (χ4v) is 6.73. The molecule has 210 valence electrons. The standard InChI is InChI=1S/C28H25Cl3N2O7/c1-33(2)21-16-10-12-9-15-14(11-3-5-13(6-4-11)28(29,30)31)7-8-17(34)19(15)22(35)18(12)24(37)27(16,40)25(38)20(23(21)36)26(32)39/h3-8,12,16,21,34-35,38,40H,9-10H2,1-2H3,(H2,32,39)/t12-,16-,21-,27-/m0/s1. The van der Waals surface area contributed by atoms with Gasteiger partial charge in [0.2, 0.25) is 9.58 Å². The maximum atomic E-state index is 13.9. The van der Waals surface area contributed by atoms with Gasteiger partial charge in [0.25, 0.3) is 5.91 Å². The van der Waals surface area contributed by atoms with E-state index in [0.29, 0.717) is 22.3 Å². The van der Waals surface area contributed by atoms with E-state index in [1.54, 1.807) is 44.4 Å². The fraction of sp³-hybridized carbons (Fsp3) is 0.321. The molecule has 1 saturated carbocycles. The predicted molar refractivity (Wildman–Crippen MR) is 149 cm³/mol. The lowest BCUT2D eigenvalue weighted by molar-refractivity contribution is -0.153. The van der Waals surface area contributed by atoms with Crippen LogP contribution in [0.25, 0.3) is 16.9 Å². The van der Waals surface area contributed by atoms with Crippen LogP contribution < -0.4 is 5.73 Å². The highest BCUT2D eigenvalue weighted by Gasteiger charge is 2.64. The van der Waals surface area contributed by atoms with Crippen LogP contribution in [-0.4, -0.2) is 68.5 Å². The van der Waals surface area contributed by atoms with Crippen LogP contribution in [0.15, 0.2) is 53.3 Å². The number of aliphatic hydroxyl groups is 3. The first-order chi connectivity index (χ1) is 18.6. The summed E-state index contributed by atoms with van der Waals surface area (Å²) in [5, 5.41) is 44.8. The van der Waals surface area contributed by atoms with Gasteiger partial charge in [-0.2, -0.15) is 0 Å². The number of aromatic hydroxyl groups is 1. The third-order valence-corrected chi connectivity index (χ3v) is 8.78. The van der Waals surface area contributed by atoms with Gasteiger partial charge in [-0.25, -0.2) is 0 Å². The summed E-state index contributed by atoms with van der Waals surface area (Å²) in [6.45, 7) is 0. The van der Waals surface area contributed by atoms with Gasteiger partial charge in [0.05, 0.1) is 11.6 Å². The third-order valence-electron chi connectivity index (χ3n) is 8.13. The monoisotopic (exact) mass is 606 g/mol. The summed E-state index contributed by atoms with van der Waals surface area (Å²) in [5.74, 6) is -7.00. The van der Waals surface area contributed by atoms with Gasteiger partial charge in [-0.3, -0.25) is 19.3 Å². The number of nitrogens with two attached hydrogens (primary N) is 1. The van der Waals surface area contributed by atoms with Gasteiger partial charge in [-0.15, -0.1) is 0 Å². The van der Waals surface area contributed by atoms with E-state index in [2.05, 4.69) is 0 Å². The zero-order chi connectivity index (χ0) is 29.5. The van der Waals surface area contributed by atoms with E-state index in [1.807, 2.05) is 0 Å². The number of phenols is 1. The van der Waals surface area contributed by atoms with Crippen LogP contribution in [0.2, 0.25) is 0 Å². The largest absolute Gasteiger partial charge is 0.508 e. The number of rotatable bonds is 3. The zero-order valence-corrected chi connectivity index (χ0v) is 23.6. The summed E-state index contributed by atoms with van der Waals surface area (Å²) in [7, 11) is 3.09. The molecule has 12 heteroatoms. The molecule has 40 heavy (non-hydrogen) atoms. The molecule has 0 unspecified atom stereocenters. The molecule has 0 bridgehead atoms. The number of hydrogen-bond acceptors (Lipinski definition) is 8. The quantitative estimate of drug-likeness (QED) is 0.262.